The molecule has 0 saturated heterocycles. The second kappa shape index (κ2) is 9.60. The highest BCUT2D eigenvalue weighted by Crippen LogP contribution is 2.26. The van der Waals surface area contributed by atoms with E-state index in [4.69, 9.17) is 27.9 Å². The zero-order valence-electron chi connectivity index (χ0n) is 11.7. The Balaban J connectivity index is 2.64. The van der Waals surface area contributed by atoms with E-state index in [-0.39, 0.29) is 0 Å². The van der Waals surface area contributed by atoms with E-state index in [0.717, 1.165) is 54.4 Å². The Morgan fingerprint density at radius 2 is 1.95 bits per heavy atom. The van der Waals surface area contributed by atoms with E-state index in [1.54, 1.807) is 7.11 Å². The van der Waals surface area contributed by atoms with Crippen LogP contribution in [0, 0.1) is 0 Å². The normalized spacial score (nSPS) is 12.6. The van der Waals surface area contributed by atoms with Crippen molar-refractivity contribution in [1.29, 1.82) is 0 Å². The Morgan fingerprint density at radius 1 is 1.26 bits per heavy atom. The molecule has 0 aliphatic carbocycles. The molecule has 0 saturated carbocycles. The molecule has 0 spiro atoms. The van der Waals surface area contributed by atoms with Crippen LogP contribution in [0.25, 0.3) is 0 Å². The Kier molecular flexibility index (Phi) is 8.47. The summed E-state index contributed by atoms with van der Waals surface area (Å²) in [5.41, 5.74) is 1.04. The van der Waals surface area contributed by atoms with E-state index < -0.39 is 0 Å². The molecule has 1 N–H and O–H groups in total. The summed E-state index contributed by atoms with van der Waals surface area (Å²) in [4.78, 5) is 0. The summed E-state index contributed by atoms with van der Waals surface area (Å²) < 4.78 is 5.11. The summed E-state index contributed by atoms with van der Waals surface area (Å²) in [6, 6.07) is 6.07. The number of nitrogens with one attached hydrogen (secondary N) is 1. The lowest BCUT2D eigenvalue weighted by Gasteiger charge is -2.20. The molecule has 2 nitrogen and oxygen atoms in total. The van der Waals surface area contributed by atoms with E-state index in [0.29, 0.717) is 6.04 Å². The SMILES string of the molecule is CCCNC(CCCOC)Cc1c(Cl)cccc1Cl. The van der Waals surface area contributed by atoms with Crippen LogP contribution in [0.5, 0.6) is 0 Å². The molecule has 0 amide bonds. The van der Waals surface area contributed by atoms with Gasteiger partial charge in [0.05, 0.1) is 0 Å². The molecular weight excluding hydrogens is 281 g/mol. The first-order valence-corrected chi connectivity index (χ1v) is 7.59. The molecular formula is C15H23Cl2NO. The van der Waals surface area contributed by atoms with E-state index >= 15 is 0 Å². The molecule has 4 heteroatoms. The fraction of sp³-hybridized carbons (Fsp3) is 0.600. The second-order valence-electron chi connectivity index (χ2n) is 4.69. The standard InChI is InChI=1S/C15H23Cl2NO/c1-3-9-18-12(6-5-10-19-2)11-13-14(16)7-4-8-15(13)17/h4,7-8,12,18H,3,5-6,9-11H2,1-2H3. The molecule has 1 aromatic rings. The van der Waals surface area contributed by atoms with Gasteiger partial charge in [0, 0.05) is 29.8 Å². The van der Waals surface area contributed by atoms with Gasteiger partial charge in [-0.15, -0.1) is 0 Å². The quantitative estimate of drug-likeness (QED) is 0.686. The van der Waals surface area contributed by atoms with Crippen LogP contribution in [0.4, 0.5) is 0 Å². The van der Waals surface area contributed by atoms with Crippen LogP contribution >= 0.6 is 23.2 Å². The number of hydrogen-bond donors (Lipinski definition) is 1. The molecule has 19 heavy (non-hydrogen) atoms. The third kappa shape index (κ3) is 6.13. The number of benzene rings is 1. The Hall–Kier alpha value is -0.280. The smallest absolute Gasteiger partial charge is 0.0462 e. The van der Waals surface area contributed by atoms with Crippen molar-refractivity contribution in [3.8, 4) is 0 Å². The van der Waals surface area contributed by atoms with Crippen molar-refractivity contribution in [3.63, 3.8) is 0 Å². The first kappa shape index (κ1) is 16.8. The predicted octanol–water partition coefficient (Wildman–Crippen LogP) is 4.33. The second-order valence-corrected chi connectivity index (χ2v) is 5.50. The molecule has 0 aliphatic rings. The average molecular weight is 304 g/mol. The number of rotatable bonds is 9. The van der Waals surface area contributed by atoms with Crippen molar-refractivity contribution < 1.29 is 4.74 Å². The maximum absolute atomic E-state index is 6.23. The van der Waals surface area contributed by atoms with Gasteiger partial charge < -0.3 is 10.1 Å². The third-order valence-corrected chi connectivity index (χ3v) is 3.80. The summed E-state index contributed by atoms with van der Waals surface area (Å²) in [6.07, 6.45) is 4.09. The molecule has 0 bridgehead atoms. The monoisotopic (exact) mass is 303 g/mol. The van der Waals surface area contributed by atoms with Gasteiger partial charge in [-0.3, -0.25) is 0 Å². The lowest BCUT2D eigenvalue weighted by Crippen LogP contribution is -2.32. The maximum Gasteiger partial charge on any atom is 0.0462 e. The van der Waals surface area contributed by atoms with Crippen molar-refractivity contribution >= 4 is 23.2 Å². The Bertz CT molecular complexity index is 351. The molecule has 1 aromatic carbocycles. The number of ether oxygens (including phenoxy) is 1. The molecule has 0 radical (unpaired) electrons. The van der Waals surface area contributed by atoms with Gasteiger partial charge in [-0.2, -0.15) is 0 Å². The molecule has 1 atom stereocenters. The van der Waals surface area contributed by atoms with Crippen molar-refractivity contribution in [3.05, 3.63) is 33.8 Å². The van der Waals surface area contributed by atoms with Crippen molar-refractivity contribution in [2.24, 2.45) is 0 Å². The third-order valence-electron chi connectivity index (χ3n) is 3.10. The van der Waals surface area contributed by atoms with Crippen LogP contribution < -0.4 is 5.32 Å². The van der Waals surface area contributed by atoms with E-state index in [9.17, 15) is 0 Å². The lowest BCUT2D eigenvalue weighted by molar-refractivity contribution is 0.188. The first-order valence-electron chi connectivity index (χ1n) is 6.84. The predicted molar refractivity (Wildman–Crippen MR) is 83.4 cm³/mol. The highest BCUT2D eigenvalue weighted by atomic mass is 35.5. The first-order chi connectivity index (χ1) is 9.19. The van der Waals surface area contributed by atoms with Crippen LogP contribution in [0.1, 0.15) is 31.7 Å². The van der Waals surface area contributed by atoms with Gasteiger partial charge in [0.2, 0.25) is 0 Å². The van der Waals surface area contributed by atoms with Crippen molar-refractivity contribution in [2.75, 3.05) is 20.3 Å². The van der Waals surface area contributed by atoms with Gasteiger partial charge in [0.1, 0.15) is 0 Å². The van der Waals surface area contributed by atoms with Crippen LogP contribution in [-0.4, -0.2) is 26.3 Å². The van der Waals surface area contributed by atoms with E-state index in [1.165, 1.54) is 0 Å². The molecule has 0 aromatic heterocycles. The van der Waals surface area contributed by atoms with Crippen molar-refractivity contribution in [1.82, 2.24) is 5.32 Å². The zero-order valence-corrected chi connectivity index (χ0v) is 13.2. The largest absolute Gasteiger partial charge is 0.385 e. The van der Waals surface area contributed by atoms with Gasteiger partial charge >= 0.3 is 0 Å². The molecule has 0 heterocycles. The van der Waals surface area contributed by atoms with Crippen molar-refractivity contribution in [2.45, 2.75) is 38.6 Å². The number of halogens is 2. The minimum atomic E-state index is 0.396. The van der Waals surface area contributed by atoms with Crippen LogP contribution in [0.15, 0.2) is 18.2 Å². The Morgan fingerprint density at radius 3 is 2.53 bits per heavy atom. The summed E-state index contributed by atoms with van der Waals surface area (Å²) in [6.45, 7) is 3.97. The summed E-state index contributed by atoms with van der Waals surface area (Å²) >= 11 is 12.5. The summed E-state index contributed by atoms with van der Waals surface area (Å²) in [7, 11) is 1.74. The topological polar surface area (TPSA) is 21.3 Å². The fourth-order valence-electron chi connectivity index (χ4n) is 2.07. The average Bonchev–Trinajstić information content (AvgIpc) is 2.39. The van der Waals surface area contributed by atoms with E-state index in [2.05, 4.69) is 12.2 Å². The summed E-state index contributed by atoms with van der Waals surface area (Å²) in [5, 5.41) is 5.06. The molecule has 1 unspecified atom stereocenters. The molecule has 1 rings (SSSR count). The summed E-state index contributed by atoms with van der Waals surface area (Å²) in [5.74, 6) is 0. The molecule has 0 fully saturated rings. The Labute approximate surface area is 126 Å². The lowest BCUT2D eigenvalue weighted by atomic mass is 10.0. The van der Waals surface area contributed by atoms with Gasteiger partial charge in [-0.25, -0.2) is 0 Å². The zero-order chi connectivity index (χ0) is 14.1. The highest BCUT2D eigenvalue weighted by molar-refractivity contribution is 6.35. The van der Waals surface area contributed by atoms with Gasteiger partial charge in [0.25, 0.3) is 0 Å². The highest BCUT2D eigenvalue weighted by Gasteiger charge is 2.13. The van der Waals surface area contributed by atoms with Gasteiger partial charge in [-0.05, 0) is 49.9 Å². The van der Waals surface area contributed by atoms with Crippen LogP contribution in [-0.2, 0) is 11.2 Å². The van der Waals surface area contributed by atoms with E-state index in [1.807, 2.05) is 18.2 Å². The van der Waals surface area contributed by atoms with Gasteiger partial charge in [-0.1, -0.05) is 36.2 Å². The number of methoxy groups -OCH3 is 1. The maximum atomic E-state index is 6.23. The molecule has 0 aliphatic heterocycles. The number of hydrogen-bond acceptors (Lipinski definition) is 2. The minimum Gasteiger partial charge on any atom is -0.385 e. The van der Waals surface area contributed by atoms with Gasteiger partial charge in [0.15, 0.2) is 0 Å². The van der Waals surface area contributed by atoms with Crippen LogP contribution in [0.3, 0.4) is 0 Å². The fourth-order valence-corrected chi connectivity index (χ4v) is 2.62. The van der Waals surface area contributed by atoms with Crippen LogP contribution in [0.2, 0.25) is 10.0 Å². The molecule has 108 valence electrons. The minimum absolute atomic E-state index is 0.396.